The molecule has 1 heterocycles. The summed E-state index contributed by atoms with van der Waals surface area (Å²) in [4.78, 5) is 15.0. The van der Waals surface area contributed by atoms with Crippen LogP contribution in [-0.4, -0.2) is 30.1 Å². The van der Waals surface area contributed by atoms with E-state index in [1.54, 1.807) is 36.3 Å². The third-order valence-corrected chi connectivity index (χ3v) is 5.20. The minimum Gasteiger partial charge on any atom is -0.495 e. The molecule has 0 aromatic heterocycles. The fourth-order valence-corrected chi connectivity index (χ4v) is 3.35. The number of halogens is 1. The predicted octanol–water partition coefficient (Wildman–Crippen LogP) is 4.12. The summed E-state index contributed by atoms with van der Waals surface area (Å²) in [7, 11) is 3.40. The van der Waals surface area contributed by atoms with Crippen LogP contribution in [0.15, 0.2) is 59.8 Å². The summed E-state index contributed by atoms with van der Waals surface area (Å²) in [6, 6.07) is 14.3. The van der Waals surface area contributed by atoms with Gasteiger partial charge >= 0.3 is 0 Å². The van der Waals surface area contributed by atoms with Crippen LogP contribution in [-0.2, 0) is 4.79 Å². The number of benzene rings is 2. The number of hydrogen-bond acceptors (Lipinski definition) is 3. The lowest BCUT2D eigenvalue weighted by molar-refractivity contribution is -0.113. The van der Waals surface area contributed by atoms with Gasteiger partial charge in [-0.1, -0.05) is 35.9 Å². The summed E-state index contributed by atoms with van der Waals surface area (Å²) >= 11 is 11.4. The third kappa shape index (κ3) is 3.91. The van der Waals surface area contributed by atoms with Crippen LogP contribution in [0.25, 0.3) is 0 Å². The van der Waals surface area contributed by atoms with Gasteiger partial charge in [0.05, 0.1) is 24.4 Å². The van der Waals surface area contributed by atoms with E-state index in [0.29, 0.717) is 27.1 Å². The molecule has 1 atom stereocenters. The molecule has 1 amide bonds. The zero-order chi connectivity index (χ0) is 19.6. The fourth-order valence-electron chi connectivity index (χ4n) is 2.97. The largest absolute Gasteiger partial charge is 0.495 e. The topological polar surface area (TPSA) is 53.6 Å². The SMILES string of the molecule is COc1ccccc1NC(=O)C1=C(C)N(C)C(=S)NC1c1ccc(Cl)cc1. The number of carbonyl (C=O) groups excluding carboxylic acids is 1. The number of nitrogens with one attached hydrogen (secondary N) is 2. The van der Waals surface area contributed by atoms with Gasteiger partial charge in [-0.3, -0.25) is 4.79 Å². The minimum absolute atomic E-state index is 0.223. The molecule has 0 radical (unpaired) electrons. The fraction of sp³-hybridized carbons (Fsp3) is 0.200. The van der Waals surface area contributed by atoms with E-state index in [1.807, 2.05) is 38.2 Å². The number of thiocarbonyl (C=S) groups is 1. The van der Waals surface area contributed by atoms with Crippen LogP contribution in [0.3, 0.4) is 0 Å². The predicted molar refractivity (Wildman–Crippen MR) is 112 cm³/mol. The van der Waals surface area contributed by atoms with Gasteiger partial charge in [0.2, 0.25) is 0 Å². The number of nitrogens with zero attached hydrogens (tertiary/aromatic N) is 1. The summed E-state index contributed by atoms with van der Waals surface area (Å²) in [5.74, 6) is 0.374. The molecule has 0 saturated heterocycles. The lowest BCUT2D eigenvalue weighted by Crippen LogP contribution is -2.46. The highest BCUT2D eigenvalue weighted by molar-refractivity contribution is 7.80. The number of amides is 1. The van der Waals surface area contributed by atoms with Crippen molar-refractivity contribution in [1.29, 1.82) is 0 Å². The quantitative estimate of drug-likeness (QED) is 0.755. The summed E-state index contributed by atoms with van der Waals surface area (Å²) in [5.41, 5.74) is 2.88. The number of rotatable bonds is 4. The molecule has 0 fully saturated rings. The smallest absolute Gasteiger partial charge is 0.255 e. The van der Waals surface area contributed by atoms with E-state index in [2.05, 4.69) is 10.6 Å². The normalized spacial score (nSPS) is 16.8. The first-order valence-corrected chi connectivity index (χ1v) is 9.15. The molecule has 27 heavy (non-hydrogen) atoms. The Kier molecular flexibility index (Phi) is 5.68. The maximum absolute atomic E-state index is 13.2. The molecule has 2 aromatic carbocycles. The molecule has 2 N–H and O–H groups in total. The molecule has 0 aliphatic carbocycles. The molecule has 0 spiro atoms. The number of allylic oxidation sites excluding steroid dienone is 1. The first-order chi connectivity index (χ1) is 12.9. The van der Waals surface area contributed by atoms with Crippen molar-refractivity contribution < 1.29 is 9.53 Å². The second kappa shape index (κ2) is 7.98. The monoisotopic (exact) mass is 401 g/mol. The van der Waals surface area contributed by atoms with Crippen molar-refractivity contribution in [1.82, 2.24) is 10.2 Å². The standard InChI is InChI=1S/C20H20ClN3O2S/c1-12-17(19(25)22-15-6-4-5-7-16(15)26-3)18(23-20(27)24(12)2)13-8-10-14(21)11-9-13/h4-11,18H,1-3H3,(H,22,25)(H,23,27). The molecule has 0 bridgehead atoms. The van der Waals surface area contributed by atoms with Gasteiger partial charge in [0.1, 0.15) is 5.75 Å². The maximum atomic E-state index is 13.2. The second-order valence-electron chi connectivity index (χ2n) is 6.15. The Morgan fingerprint density at radius 2 is 1.89 bits per heavy atom. The first kappa shape index (κ1) is 19.2. The van der Waals surface area contributed by atoms with Gasteiger partial charge in [0, 0.05) is 17.8 Å². The summed E-state index contributed by atoms with van der Waals surface area (Å²) in [6.07, 6.45) is 0. The number of hydrogen-bond donors (Lipinski definition) is 2. The first-order valence-electron chi connectivity index (χ1n) is 8.37. The van der Waals surface area contributed by atoms with E-state index in [1.165, 1.54) is 0 Å². The Morgan fingerprint density at radius 3 is 2.56 bits per heavy atom. The van der Waals surface area contributed by atoms with E-state index < -0.39 is 0 Å². The molecule has 0 saturated carbocycles. The number of methoxy groups -OCH3 is 1. The summed E-state index contributed by atoms with van der Waals surface area (Å²) in [5, 5.41) is 7.38. The van der Waals surface area contributed by atoms with E-state index >= 15 is 0 Å². The Bertz CT molecular complexity index is 912. The Morgan fingerprint density at radius 1 is 1.22 bits per heavy atom. The van der Waals surface area contributed by atoms with Gasteiger partial charge in [-0.25, -0.2) is 0 Å². The number of ether oxygens (including phenoxy) is 1. The Balaban J connectivity index is 2.00. The highest BCUT2D eigenvalue weighted by Crippen LogP contribution is 2.32. The molecule has 7 heteroatoms. The van der Waals surface area contributed by atoms with Gasteiger partial charge in [0.15, 0.2) is 5.11 Å². The van der Waals surface area contributed by atoms with Crippen molar-refractivity contribution in [2.75, 3.05) is 19.5 Å². The van der Waals surface area contributed by atoms with Crippen LogP contribution in [0, 0.1) is 0 Å². The van der Waals surface area contributed by atoms with E-state index in [4.69, 9.17) is 28.6 Å². The molecule has 1 aliphatic rings. The average Bonchev–Trinajstić information content (AvgIpc) is 2.66. The molecular formula is C20H20ClN3O2S. The van der Waals surface area contributed by atoms with Crippen LogP contribution in [0.2, 0.25) is 5.02 Å². The number of anilines is 1. The van der Waals surface area contributed by atoms with Gasteiger partial charge < -0.3 is 20.3 Å². The van der Waals surface area contributed by atoms with Crippen molar-refractivity contribution in [2.24, 2.45) is 0 Å². The summed E-state index contributed by atoms with van der Waals surface area (Å²) < 4.78 is 5.33. The van der Waals surface area contributed by atoms with Gasteiger partial charge in [-0.15, -0.1) is 0 Å². The van der Waals surface area contributed by atoms with Crippen molar-refractivity contribution in [3.63, 3.8) is 0 Å². The summed E-state index contributed by atoms with van der Waals surface area (Å²) in [6.45, 7) is 1.88. The number of carbonyl (C=O) groups is 1. The van der Waals surface area contributed by atoms with Crippen molar-refractivity contribution in [3.8, 4) is 5.75 Å². The van der Waals surface area contributed by atoms with E-state index in [-0.39, 0.29) is 11.9 Å². The number of para-hydroxylation sites is 2. The van der Waals surface area contributed by atoms with Gasteiger partial charge in [0.25, 0.3) is 5.91 Å². The zero-order valence-corrected chi connectivity index (χ0v) is 16.8. The van der Waals surface area contributed by atoms with E-state index in [0.717, 1.165) is 11.3 Å². The Labute approximate surface area is 169 Å². The van der Waals surface area contributed by atoms with Crippen molar-refractivity contribution in [2.45, 2.75) is 13.0 Å². The molecule has 140 valence electrons. The molecule has 3 rings (SSSR count). The molecule has 2 aromatic rings. The van der Waals surface area contributed by atoms with Crippen LogP contribution in [0.1, 0.15) is 18.5 Å². The zero-order valence-electron chi connectivity index (χ0n) is 15.2. The molecule has 1 aliphatic heterocycles. The van der Waals surface area contributed by atoms with Gasteiger partial charge in [-0.05, 0) is 49.0 Å². The van der Waals surface area contributed by atoms with Gasteiger partial charge in [-0.2, -0.15) is 0 Å². The lowest BCUT2D eigenvalue weighted by atomic mass is 9.94. The molecular weight excluding hydrogens is 382 g/mol. The van der Waals surface area contributed by atoms with Crippen LogP contribution in [0.4, 0.5) is 5.69 Å². The van der Waals surface area contributed by atoms with E-state index in [9.17, 15) is 4.79 Å². The van der Waals surface area contributed by atoms with Crippen LogP contribution >= 0.6 is 23.8 Å². The molecule has 5 nitrogen and oxygen atoms in total. The highest BCUT2D eigenvalue weighted by Gasteiger charge is 2.32. The maximum Gasteiger partial charge on any atom is 0.255 e. The highest BCUT2D eigenvalue weighted by atomic mass is 35.5. The van der Waals surface area contributed by atoms with Crippen LogP contribution in [0.5, 0.6) is 5.75 Å². The Hall–Kier alpha value is -2.57. The minimum atomic E-state index is -0.374. The molecule has 1 unspecified atom stereocenters. The van der Waals surface area contributed by atoms with Crippen LogP contribution < -0.4 is 15.4 Å². The third-order valence-electron chi connectivity index (χ3n) is 4.56. The second-order valence-corrected chi connectivity index (χ2v) is 6.97. The average molecular weight is 402 g/mol. The van der Waals surface area contributed by atoms with Crippen molar-refractivity contribution >= 4 is 40.5 Å². The lowest BCUT2D eigenvalue weighted by Gasteiger charge is -2.35. The van der Waals surface area contributed by atoms with Crippen molar-refractivity contribution in [3.05, 3.63) is 70.4 Å².